The van der Waals surface area contributed by atoms with Gasteiger partial charge in [0.25, 0.3) is 0 Å². The van der Waals surface area contributed by atoms with Crippen LogP contribution in [0, 0.1) is 11.8 Å². The quantitative estimate of drug-likeness (QED) is 0.821. The molecule has 1 atom stereocenters. The van der Waals surface area contributed by atoms with Crippen LogP contribution in [-0.4, -0.2) is 48.2 Å². The SMILES string of the molecule is O=C(O)CCC1CCN(C(=O)C[C@H]2CCOC2)CC1. The van der Waals surface area contributed by atoms with Crippen molar-refractivity contribution < 1.29 is 19.4 Å². The number of ether oxygens (including phenoxy) is 1. The van der Waals surface area contributed by atoms with E-state index < -0.39 is 5.97 Å². The highest BCUT2D eigenvalue weighted by atomic mass is 16.5. The van der Waals surface area contributed by atoms with E-state index in [1.54, 1.807) is 0 Å². The van der Waals surface area contributed by atoms with Crippen molar-refractivity contribution in [3.05, 3.63) is 0 Å². The van der Waals surface area contributed by atoms with Crippen LogP contribution in [-0.2, 0) is 14.3 Å². The Balaban J connectivity index is 1.67. The maximum atomic E-state index is 12.1. The van der Waals surface area contributed by atoms with E-state index in [1.165, 1.54) is 0 Å². The lowest BCUT2D eigenvalue weighted by atomic mass is 9.91. The third kappa shape index (κ3) is 4.49. The summed E-state index contributed by atoms with van der Waals surface area (Å²) in [5, 5.41) is 8.67. The third-order valence-electron chi connectivity index (χ3n) is 4.22. The number of nitrogens with zero attached hydrogens (tertiary/aromatic N) is 1. The molecule has 108 valence electrons. The molecule has 0 aliphatic carbocycles. The molecule has 2 saturated heterocycles. The molecule has 0 aromatic rings. The van der Waals surface area contributed by atoms with Gasteiger partial charge in [0.05, 0.1) is 0 Å². The molecule has 2 aliphatic heterocycles. The first-order chi connectivity index (χ1) is 9.15. The number of likely N-dealkylation sites (tertiary alicyclic amines) is 1. The lowest BCUT2D eigenvalue weighted by molar-refractivity contribution is -0.138. The lowest BCUT2D eigenvalue weighted by Crippen LogP contribution is -2.39. The predicted molar refractivity (Wildman–Crippen MR) is 69.7 cm³/mol. The van der Waals surface area contributed by atoms with E-state index in [4.69, 9.17) is 9.84 Å². The second-order valence-electron chi connectivity index (χ2n) is 5.69. The first-order valence-corrected chi connectivity index (χ1v) is 7.22. The molecule has 2 aliphatic rings. The molecule has 1 amide bonds. The molecule has 1 N–H and O–H groups in total. The van der Waals surface area contributed by atoms with Crippen LogP contribution in [0.5, 0.6) is 0 Å². The Morgan fingerprint density at radius 1 is 1.16 bits per heavy atom. The molecular formula is C14H23NO4. The van der Waals surface area contributed by atoms with Crippen LogP contribution in [0.25, 0.3) is 0 Å². The number of carbonyl (C=O) groups is 2. The number of aliphatic carboxylic acids is 1. The van der Waals surface area contributed by atoms with Gasteiger partial charge < -0.3 is 14.7 Å². The highest BCUT2D eigenvalue weighted by molar-refractivity contribution is 5.76. The highest BCUT2D eigenvalue weighted by Gasteiger charge is 2.26. The average molecular weight is 269 g/mol. The van der Waals surface area contributed by atoms with Crippen LogP contribution in [0.1, 0.15) is 38.5 Å². The first-order valence-electron chi connectivity index (χ1n) is 7.22. The molecule has 5 nitrogen and oxygen atoms in total. The van der Waals surface area contributed by atoms with Crippen LogP contribution in [0.4, 0.5) is 0 Å². The van der Waals surface area contributed by atoms with Gasteiger partial charge in [0.2, 0.25) is 5.91 Å². The molecule has 5 heteroatoms. The number of piperidine rings is 1. The first kappa shape index (κ1) is 14.3. The monoisotopic (exact) mass is 269 g/mol. The van der Waals surface area contributed by atoms with Gasteiger partial charge in [-0.15, -0.1) is 0 Å². The Bertz CT molecular complexity index is 317. The fraction of sp³-hybridized carbons (Fsp3) is 0.857. The maximum Gasteiger partial charge on any atom is 0.303 e. The summed E-state index contributed by atoms with van der Waals surface area (Å²) in [6, 6.07) is 0. The van der Waals surface area contributed by atoms with Gasteiger partial charge in [0.1, 0.15) is 0 Å². The minimum atomic E-state index is -0.722. The van der Waals surface area contributed by atoms with Crippen LogP contribution in [0.15, 0.2) is 0 Å². The van der Waals surface area contributed by atoms with E-state index in [-0.39, 0.29) is 12.3 Å². The van der Waals surface area contributed by atoms with E-state index in [9.17, 15) is 9.59 Å². The Hall–Kier alpha value is -1.10. The molecule has 0 aromatic carbocycles. The van der Waals surface area contributed by atoms with Crippen molar-refractivity contribution >= 4 is 11.9 Å². The van der Waals surface area contributed by atoms with Gasteiger partial charge in [-0.3, -0.25) is 9.59 Å². The zero-order chi connectivity index (χ0) is 13.7. The molecule has 19 heavy (non-hydrogen) atoms. The molecule has 0 bridgehead atoms. The van der Waals surface area contributed by atoms with Crippen molar-refractivity contribution in [3.8, 4) is 0 Å². The standard InChI is InChI=1S/C14H23NO4/c16-13(9-12-5-8-19-10-12)15-6-3-11(4-7-15)1-2-14(17)18/h11-12H,1-10H2,(H,17,18)/t12-/m1/s1. The molecule has 0 spiro atoms. The Labute approximate surface area is 113 Å². The largest absolute Gasteiger partial charge is 0.481 e. The molecule has 2 fully saturated rings. The number of rotatable bonds is 5. The van der Waals surface area contributed by atoms with Gasteiger partial charge >= 0.3 is 5.97 Å². The van der Waals surface area contributed by atoms with Gasteiger partial charge in [-0.1, -0.05) is 0 Å². The smallest absolute Gasteiger partial charge is 0.303 e. The fourth-order valence-corrected chi connectivity index (χ4v) is 2.92. The van der Waals surface area contributed by atoms with E-state index >= 15 is 0 Å². The van der Waals surface area contributed by atoms with Gasteiger partial charge in [-0.05, 0) is 37.5 Å². The molecule has 2 rings (SSSR count). The maximum absolute atomic E-state index is 12.1. The summed E-state index contributed by atoms with van der Waals surface area (Å²) in [7, 11) is 0. The predicted octanol–water partition coefficient (Wildman–Crippen LogP) is 1.52. The van der Waals surface area contributed by atoms with Crippen molar-refractivity contribution in [1.82, 2.24) is 4.90 Å². The van der Waals surface area contributed by atoms with E-state index in [1.807, 2.05) is 4.90 Å². The molecule has 0 unspecified atom stereocenters. The molecule has 0 radical (unpaired) electrons. The van der Waals surface area contributed by atoms with E-state index in [2.05, 4.69) is 0 Å². The van der Waals surface area contributed by atoms with Crippen LogP contribution < -0.4 is 0 Å². The number of carboxylic acid groups (broad SMARTS) is 1. The second-order valence-corrected chi connectivity index (χ2v) is 5.69. The molecule has 0 aromatic heterocycles. The van der Waals surface area contributed by atoms with Crippen molar-refractivity contribution in [2.45, 2.75) is 38.5 Å². The minimum Gasteiger partial charge on any atom is -0.481 e. The number of carboxylic acids is 1. The Morgan fingerprint density at radius 3 is 2.47 bits per heavy atom. The minimum absolute atomic E-state index is 0.243. The van der Waals surface area contributed by atoms with E-state index in [0.717, 1.165) is 52.0 Å². The summed E-state index contributed by atoms with van der Waals surface area (Å²) in [6.07, 6.45) is 4.49. The topological polar surface area (TPSA) is 66.8 Å². The molecule has 2 heterocycles. The molecule has 0 saturated carbocycles. The number of hydrogen-bond acceptors (Lipinski definition) is 3. The Kier molecular flexibility index (Phi) is 5.19. The Morgan fingerprint density at radius 2 is 1.89 bits per heavy atom. The van der Waals surface area contributed by atoms with Gasteiger partial charge in [0.15, 0.2) is 0 Å². The summed E-state index contributed by atoms with van der Waals surface area (Å²) in [4.78, 5) is 24.6. The fourth-order valence-electron chi connectivity index (χ4n) is 2.92. The van der Waals surface area contributed by atoms with Gasteiger partial charge in [-0.25, -0.2) is 0 Å². The summed E-state index contributed by atoms with van der Waals surface area (Å²) in [6.45, 7) is 3.09. The van der Waals surface area contributed by atoms with Gasteiger partial charge in [0, 0.05) is 39.1 Å². The normalized spacial score (nSPS) is 24.6. The highest BCUT2D eigenvalue weighted by Crippen LogP contribution is 2.24. The summed E-state index contributed by atoms with van der Waals surface area (Å²) < 4.78 is 5.29. The number of hydrogen-bond donors (Lipinski definition) is 1. The van der Waals surface area contributed by atoms with E-state index in [0.29, 0.717) is 18.3 Å². The van der Waals surface area contributed by atoms with Crippen LogP contribution >= 0.6 is 0 Å². The van der Waals surface area contributed by atoms with Gasteiger partial charge in [-0.2, -0.15) is 0 Å². The van der Waals surface area contributed by atoms with Crippen molar-refractivity contribution in [2.24, 2.45) is 11.8 Å². The zero-order valence-corrected chi connectivity index (χ0v) is 11.3. The summed E-state index contributed by atoms with van der Waals surface area (Å²) in [5.41, 5.74) is 0. The second kappa shape index (κ2) is 6.89. The van der Waals surface area contributed by atoms with Crippen molar-refractivity contribution in [3.63, 3.8) is 0 Å². The number of carbonyl (C=O) groups excluding carboxylic acids is 1. The zero-order valence-electron chi connectivity index (χ0n) is 11.3. The van der Waals surface area contributed by atoms with Crippen LogP contribution in [0.3, 0.4) is 0 Å². The summed E-state index contributed by atoms with van der Waals surface area (Å²) in [5.74, 6) is 0.388. The number of amides is 1. The van der Waals surface area contributed by atoms with Crippen LogP contribution in [0.2, 0.25) is 0 Å². The average Bonchev–Trinajstić information content (AvgIpc) is 2.89. The molecular weight excluding hydrogens is 246 g/mol. The van der Waals surface area contributed by atoms with Crippen molar-refractivity contribution in [1.29, 1.82) is 0 Å². The van der Waals surface area contributed by atoms with Crippen molar-refractivity contribution in [2.75, 3.05) is 26.3 Å². The third-order valence-corrected chi connectivity index (χ3v) is 4.22. The lowest BCUT2D eigenvalue weighted by Gasteiger charge is -2.32. The summed E-state index contributed by atoms with van der Waals surface area (Å²) >= 11 is 0.